The summed E-state index contributed by atoms with van der Waals surface area (Å²) in [4.78, 5) is 15.0. The molecule has 0 spiro atoms. The summed E-state index contributed by atoms with van der Waals surface area (Å²) < 4.78 is 5.33. The first-order valence-corrected chi connectivity index (χ1v) is 8.78. The molecule has 0 unspecified atom stereocenters. The molecule has 5 nitrogen and oxygen atoms in total. The van der Waals surface area contributed by atoms with Crippen LogP contribution in [0.4, 0.5) is 0 Å². The third kappa shape index (κ3) is 4.14. The van der Waals surface area contributed by atoms with Gasteiger partial charge in [-0.05, 0) is 24.9 Å². The molecule has 2 fully saturated rings. The Bertz CT molecular complexity index is 590. The minimum Gasteiger partial charge on any atom is -0.381 e. The van der Waals surface area contributed by atoms with Crippen LogP contribution in [-0.4, -0.2) is 42.6 Å². The van der Waals surface area contributed by atoms with Gasteiger partial charge in [-0.3, -0.25) is 9.69 Å². The Balaban J connectivity index is 1.57. The number of hydrogen-bond donors (Lipinski definition) is 1. The van der Waals surface area contributed by atoms with Crippen molar-refractivity contribution in [3.05, 3.63) is 35.9 Å². The van der Waals surface area contributed by atoms with Crippen molar-refractivity contribution in [3.8, 4) is 6.07 Å². The van der Waals surface area contributed by atoms with E-state index in [1.807, 2.05) is 18.2 Å². The Morgan fingerprint density at radius 3 is 2.79 bits per heavy atom. The Morgan fingerprint density at radius 1 is 1.33 bits per heavy atom. The Kier molecular flexibility index (Phi) is 5.49. The topological polar surface area (TPSA) is 65.4 Å². The first-order chi connectivity index (χ1) is 11.7. The molecule has 1 aromatic rings. The zero-order valence-electron chi connectivity index (χ0n) is 14.0. The van der Waals surface area contributed by atoms with Gasteiger partial charge in [0.1, 0.15) is 5.54 Å². The van der Waals surface area contributed by atoms with Gasteiger partial charge < -0.3 is 10.1 Å². The molecule has 3 rings (SSSR count). The highest BCUT2D eigenvalue weighted by molar-refractivity contribution is 5.80. The number of nitrogens with one attached hydrogen (secondary N) is 1. The summed E-state index contributed by atoms with van der Waals surface area (Å²) >= 11 is 0. The van der Waals surface area contributed by atoms with Gasteiger partial charge in [0, 0.05) is 39.1 Å². The van der Waals surface area contributed by atoms with Crippen LogP contribution in [0.5, 0.6) is 0 Å². The maximum Gasteiger partial charge on any atom is 0.225 e. The van der Waals surface area contributed by atoms with Gasteiger partial charge in [0.2, 0.25) is 5.91 Å². The molecule has 0 radical (unpaired) electrons. The number of carbonyl (C=O) groups is 1. The van der Waals surface area contributed by atoms with E-state index in [1.54, 1.807) is 0 Å². The quantitative estimate of drug-likeness (QED) is 0.919. The fourth-order valence-electron chi connectivity index (χ4n) is 3.58. The van der Waals surface area contributed by atoms with Gasteiger partial charge in [-0.1, -0.05) is 30.3 Å². The van der Waals surface area contributed by atoms with E-state index in [1.165, 1.54) is 5.56 Å². The van der Waals surface area contributed by atoms with Gasteiger partial charge in [0.15, 0.2) is 0 Å². The molecule has 1 N–H and O–H groups in total. The van der Waals surface area contributed by atoms with Crippen molar-refractivity contribution in [1.82, 2.24) is 10.2 Å². The molecular formula is C19H25N3O2. The zero-order chi connectivity index (χ0) is 16.8. The van der Waals surface area contributed by atoms with Crippen LogP contribution in [0.3, 0.4) is 0 Å². The van der Waals surface area contributed by atoms with Crippen LogP contribution in [0.15, 0.2) is 30.3 Å². The number of hydrogen-bond acceptors (Lipinski definition) is 4. The number of amides is 1. The Hall–Kier alpha value is -1.90. The maximum atomic E-state index is 12.7. The number of benzene rings is 1. The minimum absolute atomic E-state index is 0.0243. The largest absolute Gasteiger partial charge is 0.381 e. The van der Waals surface area contributed by atoms with Crippen LogP contribution < -0.4 is 5.32 Å². The van der Waals surface area contributed by atoms with Crippen LogP contribution in [-0.2, 0) is 16.1 Å². The summed E-state index contributed by atoms with van der Waals surface area (Å²) in [5, 5.41) is 12.5. The van der Waals surface area contributed by atoms with Crippen LogP contribution >= 0.6 is 0 Å². The van der Waals surface area contributed by atoms with Crippen molar-refractivity contribution in [1.29, 1.82) is 5.26 Å². The molecule has 2 saturated heterocycles. The Morgan fingerprint density at radius 2 is 2.08 bits per heavy atom. The summed E-state index contributed by atoms with van der Waals surface area (Å²) in [6, 6.07) is 12.7. The van der Waals surface area contributed by atoms with Crippen LogP contribution in [0.2, 0.25) is 0 Å². The van der Waals surface area contributed by atoms with E-state index in [0.29, 0.717) is 26.1 Å². The number of nitrogens with zero attached hydrogens (tertiary/aromatic N) is 2. The van der Waals surface area contributed by atoms with Gasteiger partial charge in [-0.15, -0.1) is 0 Å². The lowest BCUT2D eigenvalue weighted by Gasteiger charge is -2.36. The number of rotatable bonds is 4. The van der Waals surface area contributed by atoms with Crippen molar-refractivity contribution in [2.75, 3.05) is 26.3 Å². The average Bonchev–Trinajstić information content (AvgIpc) is 2.63. The van der Waals surface area contributed by atoms with Crippen molar-refractivity contribution in [2.45, 2.75) is 37.8 Å². The SMILES string of the molecule is N#CC1(NC(=O)[C@@H]2CCCN(Cc3ccccc3)C2)CCOCC1. The van der Waals surface area contributed by atoms with E-state index >= 15 is 0 Å². The van der Waals surface area contributed by atoms with E-state index in [9.17, 15) is 10.1 Å². The third-order valence-electron chi connectivity index (χ3n) is 5.05. The molecule has 0 bridgehead atoms. The van der Waals surface area contributed by atoms with E-state index < -0.39 is 5.54 Å². The zero-order valence-corrected chi connectivity index (χ0v) is 14.0. The van der Waals surface area contributed by atoms with Crippen LogP contribution in [0.1, 0.15) is 31.2 Å². The van der Waals surface area contributed by atoms with Crippen molar-refractivity contribution >= 4 is 5.91 Å². The second kappa shape index (κ2) is 7.78. The number of piperidine rings is 1. The van der Waals surface area contributed by atoms with Crippen molar-refractivity contribution in [3.63, 3.8) is 0 Å². The predicted octanol–water partition coefficient (Wildman–Crippen LogP) is 2.09. The number of nitriles is 1. The average molecular weight is 327 g/mol. The highest BCUT2D eigenvalue weighted by Crippen LogP contribution is 2.23. The molecule has 2 heterocycles. The number of likely N-dealkylation sites (tertiary alicyclic amines) is 1. The number of carbonyl (C=O) groups excluding carboxylic acids is 1. The first-order valence-electron chi connectivity index (χ1n) is 8.78. The molecule has 0 aromatic heterocycles. The molecule has 2 aliphatic heterocycles. The molecule has 128 valence electrons. The van der Waals surface area contributed by atoms with E-state index in [-0.39, 0.29) is 11.8 Å². The fourth-order valence-corrected chi connectivity index (χ4v) is 3.58. The molecule has 0 aliphatic carbocycles. The lowest BCUT2D eigenvalue weighted by atomic mass is 9.89. The molecule has 1 amide bonds. The highest BCUT2D eigenvalue weighted by atomic mass is 16.5. The first kappa shape index (κ1) is 16.9. The lowest BCUT2D eigenvalue weighted by molar-refractivity contribution is -0.129. The van der Waals surface area contributed by atoms with Crippen LogP contribution in [0, 0.1) is 17.2 Å². The monoisotopic (exact) mass is 327 g/mol. The maximum absolute atomic E-state index is 12.7. The van der Waals surface area contributed by atoms with Crippen molar-refractivity contribution < 1.29 is 9.53 Å². The summed E-state index contributed by atoms with van der Waals surface area (Å²) in [6.45, 7) is 3.74. The molecule has 0 saturated carbocycles. The summed E-state index contributed by atoms with van der Waals surface area (Å²) in [5.41, 5.74) is 0.535. The molecule has 2 aliphatic rings. The number of ether oxygens (including phenoxy) is 1. The second-order valence-corrected chi connectivity index (χ2v) is 6.86. The normalized spacial score (nSPS) is 24.0. The van der Waals surface area contributed by atoms with Gasteiger partial charge in [-0.2, -0.15) is 5.26 Å². The third-order valence-corrected chi connectivity index (χ3v) is 5.05. The smallest absolute Gasteiger partial charge is 0.225 e. The highest BCUT2D eigenvalue weighted by Gasteiger charge is 2.37. The summed E-state index contributed by atoms with van der Waals surface area (Å²) in [6.07, 6.45) is 3.08. The second-order valence-electron chi connectivity index (χ2n) is 6.86. The van der Waals surface area contributed by atoms with Gasteiger partial charge >= 0.3 is 0 Å². The lowest BCUT2D eigenvalue weighted by Crippen LogP contribution is -2.54. The van der Waals surface area contributed by atoms with Gasteiger partial charge in [0.25, 0.3) is 0 Å². The van der Waals surface area contributed by atoms with Gasteiger partial charge in [-0.25, -0.2) is 0 Å². The molecular weight excluding hydrogens is 302 g/mol. The molecule has 1 atom stereocenters. The molecule has 1 aromatic carbocycles. The standard InChI is InChI=1S/C19H25N3O2/c20-15-19(8-11-24-12-9-19)21-18(23)17-7-4-10-22(14-17)13-16-5-2-1-3-6-16/h1-3,5-6,17H,4,7-14H2,(H,21,23)/t17-/m1/s1. The summed E-state index contributed by atoms with van der Waals surface area (Å²) in [5.74, 6) is -0.00764. The predicted molar refractivity (Wildman–Crippen MR) is 91.0 cm³/mol. The Labute approximate surface area is 143 Å². The van der Waals surface area contributed by atoms with E-state index in [0.717, 1.165) is 32.5 Å². The van der Waals surface area contributed by atoms with E-state index in [4.69, 9.17) is 4.74 Å². The van der Waals surface area contributed by atoms with E-state index in [2.05, 4.69) is 28.4 Å². The van der Waals surface area contributed by atoms with Gasteiger partial charge in [0.05, 0.1) is 12.0 Å². The minimum atomic E-state index is -0.739. The van der Waals surface area contributed by atoms with Crippen LogP contribution in [0.25, 0.3) is 0 Å². The fraction of sp³-hybridized carbons (Fsp3) is 0.579. The molecule has 24 heavy (non-hydrogen) atoms. The summed E-state index contributed by atoms with van der Waals surface area (Å²) in [7, 11) is 0. The van der Waals surface area contributed by atoms with Crippen molar-refractivity contribution in [2.24, 2.45) is 5.92 Å². The molecule has 5 heteroatoms.